The normalized spacial score (nSPS) is 16.1. The van der Waals surface area contributed by atoms with Gasteiger partial charge < -0.3 is 14.6 Å². The molecule has 0 saturated carbocycles. The number of fused-ring (bicyclic) bond motifs is 1. The van der Waals surface area contributed by atoms with Crippen molar-refractivity contribution in [1.82, 2.24) is 25.4 Å². The molecule has 0 aromatic carbocycles. The van der Waals surface area contributed by atoms with Gasteiger partial charge in [-0.1, -0.05) is 5.16 Å². The fraction of sp³-hybridized carbons (Fsp3) is 0.389. The minimum atomic E-state index is -0.0914. The molecule has 1 N–H and O–H groups in total. The van der Waals surface area contributed by atoms with Crippen molar-refractivity contribution in [3.05, 3.63) is 46.8 Å². The van der Waals surface area contributed by atoms with E-state index < -0.39 is 0 Å². The molecule has 1 aliphatic rings. The van der Waals surface area contributed by atoms with Crippen LogP contribution in [0.2, 0.25) is 0 Å². The lowest BCUT2D eigenvalue weighted by atomic mass is 9.90. The van der Waals surface area contributed by atoms with Crippen molar-refractivity contribution in [2.75, 3.05) is 7.11 Å². The molecule has 27 heavy (non-hydrogen) atoms. The standard InChI is InChI=1S/C18H19N5O3S/c1-25-10-15-22-16(26-23-15)9-20-17(24)12-2-3-14-13(8-12)21-18(27-14)11-4-6-19-7-5-11/h4-7,12H,2-3,8-10H2,1H3,(H,20,24). The Morgan fingerprint density at radius 2 is 2.22 bits per heavy atom. The topological polar surface area (TPSA) is 103 Å². The lowest BCUT2D eigenvalue weighted by Crippen LogP contribution is -2.33. The van der Waals surface area contributed by atoms with Gasteiger partial charge in [-0.2, -0.15) is 4.98 Å². The highest BCUT2D eigenvalue weighted by molar-refractivity contribution is 7.15. The summed E-state index contributed by atoms with van der Waals surface area (Å²) in [6, 6.07) is 3.91. The summed E-state index contributed by atoms with van der Waals surface area (Å²) in [5, 5.41) is 7.65. The first kappa shape index (κ1) is 17.7. The second kappa shape index (κ2) is 7.93. The van der Waals surface area contributed by atoms with Crippen LogP contribution < -0.4 is 5.32 Å². The second-order valence-corrected chi connectivity index (χ2v) is 7.40. The van der Waals surface area contributed by atoms with Crippen LogP contribution in [-0.4, -0.2) is 33.1 Å². The van der Waals surface area contributed by atoms with Crippen molar-refractivity contribution in [2.45, 2.75) is 32.4 Å². The predicted molar refractivity (Wildman–Crippen MR) is 97.7 cm³/mol. The van der Waals surface area contributed by atoms with Crippen molar-refractivity contribution in [1.29, 1.82) is 0 Å². The van der Waals surface area contributed by atoms with E-state index >= 15 is 0 Å². The van der Waals surface area contributed by atoms with Crippen LogP contribution in [0.25, 0.3) is 10.6 Å². The molecule has 3 heterocycles. The van der Waals surface area contributed by atoms with E-state index in [1.54, 1.807) is 30.8 Å². The van der Waals surface area contributed by atoms with Crippen LogP contribution >= 0.6 is 11.3 Å². The Kier molecular flexibility index (Phi) is 5.21. The number of carbonyl (C=O) groups excluding carboxylic acids is 1. The van der Waals surface area contributed by atoms with Gasteiger partial charge in [0.25, 0.3) is 0 Å². The third kappa shape index (κ3) is 4.04. The van der Waals surface area contributed by atoms with E-state index in [-0.39, 0.29) is 25.0 Å². The van der Waals surface area contributed by atoms with Gasteiger partial charge in [0.15, 0.2) is 5.82 Å². The number of ether oxygens (including phenoxy) is 1. The third-order valence-electron chi connectivity index (χ3n) is 4.43. The number of aryl methyl sites for hydroxylation is 1. The monoisotopic (exact) mass is 385 g/mol. The third-order valence-corrected chi connectivity index (χ3v) is 5.64. The van der Waals surface area contributed by atoms with E-state index in [1.807, 2.05) is 12.1 Å². The number of pyridine rings is 1. The van der Waals surface area contributed by atoms with Gasteiger partial charge in [0.1, 0.15) is 11.6 Å². The van der Waals surface area contributed by atoms with Gasteiger partial charge in [0, 0.05) is 42.3 Å². The molecule has 1 amide bonds. The SMILES string of the molecule is COCc1noc(CNC(=O)C2CCc3sc(-c4ccncc4)nc3C2)n1. The van der Waals surface area contributed by atoms with Gasteiger partial charge in [0.05, 0.1) is 12.2 Å². The number of methoxy groups -OCH3 is 1. The summed E-state index contributed by atoms with van der Waals surface area (Å²) < 4.78 is 10.0. The molecule has 3 aromatic rings. The maximum atomic E-state index is 12.5. The highest BCUT2D eigenvalue weighted by Crippen LogP contribution is 2.34. The molecule has 1 atom stereocenters. The number of hydrogen-bond donors (Lipinski definition) is 1. The molecular formula is C18H19N5O3S. The van der Waals surface area contributed by atoms with Crippen molar-refractivity contribution in [3.63, 3.8) is 0 Å². The lowest BCUT2D eigenvalue weighted by Gasteiger charge is -2.19. The summed E-state index contributed by atoms with van der Waals surface area (Å²) >= 11 is 1.70. The van der Waals surface area contributed by atoms with Crippen LogP contribution in [0.15, 0.2) is 29.0 Å². The van der Waals surface area contributed by atoms with Crippen LogP contribution in [0, 0.1) is 5.92 Å². The summed E-state index contributed by atoms with van der Waals surface area (Å²) in [6.07, 6.45) is 5.87. The Bertz CT molecular complexity index is 924. The number of aromatic nitrogens is 4. The zero-order chi connectivity index (χ0) is 18.6. The largest absolute Gasteiger partial charge is 0.377 e. The van der Waals surface area contributed by atoms with Crippen LogP contribution in [-0.2, 0) is 35.5 Å². The molecule has 0 aliphatic heterocycles. The summed E-state index contributed by atoms with van der Waals surface area (Å²) in [4.78, 5) is 26.8. The molecular weight excluding hydrogens is 366 g/mol. The molecule has 0 bridgehead atoms. The Morgan fingerprint density at radius 3 is 3.04 bits per heavy atom. The first-order valence-electron chi connectivity index (χ1n) is 8.70. The van der Waals surface area contributed by atoms with E-state index in [2.05, 4.69) is 20.4 Å². The number of nitrogens with zero attached hydrogens (tertiary/aromatic N) is 4. The molecule has 8 nitrogen and oxygen atoms in total. The molecule has 1 aliphatic carbocycles. The Balaban J connectivity index is 1.37. The van der Waals surface area contributed by atoms with E-state index in [9.17, 15) is 4.79 Å². The van der Waals surface area contributed by atoms with E-state index in [0.29, 0.717) is 18.1 Å². The number of nitrogens with one attached hydrogen (secondary N) is 1. The Morgan fingerprint density at radius 1 is 1.37 bits per heavy atom. The molecule has 0 fully saturated rings. The fourth-order valence-corrected chi connectivity index (χ4v) is 4.19. The van der Waals surface area contributed by atoms with Crippen molar-refractivity contribution in [3.8, 4) is 10.6 Å². The number of rotatable bonds is 6. The Labute approximate surface area is 160 Å². The summed E-state index contributed by atoms with van der Waals surface area (Å²) in [6.45, 7) is 0.505. The zero-order valence-corrected chi connectivity index (χ0v) is 15.7. The fourth-order valence-electron chi connectivity index (χ4n) is 3.08. The maximum Gasteiger partial charge on any atom is 0.246 e. The molecule has 140 valence electrons. The molecule has 0 saturated heterocycles. The lowest BCUT2D eigenvalue weighted by molar-refractivity contribution is -0.125. The highest BCUT2D eigenvalue weighted by atomic mass is 32.1. The number of thiazole rings is 1. The van der Waals surface area contributed by atoms with Gasteiger partial charge >= 0.3 is 0 Å². The zero-order valence-electron chi connectivity index (χ0n) is 14.8. The minimum Gasteiger partial charge on any atom is -0.377 e. The number of carbonyl (C=O) groups is 1. The van der Waals surface area contributed by atoms with E-state index in [1.165, 1.54) is 4.88 Å². The Hall–Kier alpha value is -2.65. The van der Waals surface area contributed by atoms with Crippen LogP contribution in [0.3, 0.4) is 0 Å². The molecule has 0 radical (unpaired) electrons. The number of hydrogen-bond acceptors (Lipinski definition) is 8. The molecule has 0 spiro atoms. The van der Waals surface area contributed by atoms with Gasteiger partial charge in [-0.15, -0.1) is 11.3 Å². The predicted octanol–water partition coefficient (Wildman–Crippen LogP) is 2.16. The van der Waals surface area contributed by atoms with Crippen molar-refractivity contribution < 1.29 is 14.1 Å². The summed E-state index contributed by atoms with van der Waals surface area (Å²) in [7, 11) is 1.56. The van der Waals surface area contributed by atoms with Gasteiger partial charge in [-0.25, -0.2) is 4.98 Å². The number of amides is 1. The van der Waals surface area contributed by atoms with E-state index in [0.717, 1.165) is 29.1 Å². The van der Waals surface area contributed by atoms with Crippen molar-refractivity contribution in [2.24, 2.45) is 5.92 Å². The minimum absolute atomic E-state index is 0.00870. The van der Waals surface area contributed by atoms with Gasteiger partial charge in [-0.05, 0) is 25.0 Å². The average molecular weight is 385 g/mol. The smallest absolute Gasteiger partial charge is 0.246 e. The molecule has 3 aromatic heterocycles. The molecule has 9 heteroatoms. The molecule has 4 rings (SSSR count). The summed E-state index contributed by atoms with van der Waals surface area (Å²) in [5.41, 5.74) is 2.09. The summed E-state index contributed by atoms with van der Waals surface area (Å²) in [5.74, 6) is 0.743. The van der Waals surface area contributed by atoms with Crippen LogP contribution in [0.1, 0.15) is 28.7 Å². The van der Waals surface area contributed by atoms with Gasteiger partial charge in [-0.3, -0.25) is 9.78 Å². The maximum absolute atomic E-state index is 12.5. The van der Waals surface area contributed by atoms with Crippen LogP contribution in [0.4, 0.5) is 0 Å². The second-order valence-electron chi connectivity index (χ2n) is 6.32. The van der Waals surface area contributed by atoms with Crippen LogP contribution in [0.5, 0.6) is 0 Å². The van der Waals surface area contributed by atoms with E-state index in [4.69, 9.17) is 14.2 Å². The van der Waals surface area contributed by atoms with Gasteiger partial charge in [0.2, 0.25) is 11.8 Å². The van der Waals surface area contributed by atoms with Crippen molar-refractivity contribution >= 4 is 17.2 Å². The first-order valence-corrected chi connectivity index (χ1v) is 9.51. The molecule has 1 unspecified atom stereocenters. The first-order chi connectivity index (χ1) is 13.2. The highest BCUT2D eigenvalue weighted by Gasteiger charge is 2.28. The average Bonchev–Trinajstić information content (AvgIpc) is 3.33. The quantitative estimate of drug-likeness (QED) is 0.693.